The van der Waals surface area contributed by atoms with Gasteiger partial charge in [0.15, 0.2) is 4.67 Å². The predicted molar refractivity (Wildman–Crippen MR) is 68.0 cm³/mol. The number of aromatic nitrogens is 1. The molecule has 0 aliphatic heterocycles. The second kappa shape index (κ2) is 5.14. The number of rotatable bonds is 3. The standard InChI is InChI=1S/C12H11BrN2O2/c1-2-15(9-3-6-14-7-4-9)12(16)10-5-8-17-11(10)13/h3-8H,2H2,1H3. The third-order valence-electron chi connectivity index (χ3n) is 2.38. The van der Waals surface area contributed by atoms with E-state index in [1.165, 1.54) is 6.26 Å². The lowest BCUT2D eigenvalue weighted by atomic mass is 10.2. The highest BCUT2D eigenvalue weighted by molar-refractivity contribution is 9.10. The molecule has 0 fully saturated rings. The Labute approximate surface area is 107 Å². The summed E-state index contributed by atoms with van der Waals surface area (Å²) >= 11 is 3.21. The van der Waals surface area contributed by atoms with E-state index in [-0.39, 0.29) is 5.91 Å². The first kappa shape index (κ1) is 11.9. The smallest absolute Gasteiger partial charge is 0.262 e. The molecule has 0 radical (unpaired) electrons. The molecule has 88 valence electrons. The first-order valence-corrected chi connectivity index (χ1v) is 5.98. The number of anilines is 1. The third kappa shape index (κ3) is 2.39. The molecular weight excluding hydrogens is 284 g/mol. The Morgan fingerprint density at radius 1 is 1.41 bits per heavy atom. The molecule has 5 heteroatoms. The fourth-order valence-electron chi connectivity index (χ4n) is 1.56. The highest BCUT2D eigenvalue weighted by Crippen LogP contribution is 2.22. The summed E-state index contributed by atoms with van der Waals surface area (Å²) in [6.45, 7) is 2.51. The SMILES string of the molecule is CCN(C(=O)c1ccoc1Br)c1ccncc1. The van der Waals surface area contributed by atoms with Gasteiger partial charge >= 0.3 is 0 Å². The van der Waals surface area contributed by atoms with E-state index in [2.05, 4.69) is 20.9 Å². The number of carbonyl (C=O) groups excluding carboxylic acids is 1. The van der Waals surface area contributed by atoms with Crippen LogP contribution in [0.25, 0.3) is 0 Å². The van der Waals surface area contributed by atoms with Gasteiger partial charge in [-0.1, -0.05) is 0 Å². The first-order chi connectivity index (χ1) is 8.24. The molecule has 0 aliphatic rings. The molecule has 2 heterocycles. The Kier molecular flexibility index (Phi) is 3.58. The molecular formula is C12H11BrN2O2. The monoisotopic (exact) mass is 294 g/mol. The van der Waals surface area contributed by atoms with Crippen molar-refractivity contribution in [3.05, 3.63) is 47.1 Å². The summed E-state index contributed by atoms with van der Waals surface area (Å²) in [5, 5.41) is 0. The van der Waals surface area contributed by atoms with Crippen molar-refractivity contribution in [2.45, 2.75) is 6.92 Å². The van der Waals surface area contributed by atoms with Gasteiger partial charge < -0.3 is 9.32 Å². The summed E-state index contributed by atoms with van der Waals surface area (Å²) in [6.07, 6.45) is 4.81. The Balaban J connectivity index is 2.32. The summed E-state index contributed by atoms with van der Waals surface area (Å²) < 4.78 is 5.53. The van der Waals surface area contributed by atoms with Crippen molar-refractivity contribution in [3.63, 3.8) is 0 Å². The zero-order chi connectivity index (χ0) is 12.3. The van der Waals surface area contributed by atoms with E-state index in [1.54, 1.807) is 35.5 Å². The van der Waals surface area contributed by atoms with Crippen LogP contribution in [-0.2, 0) is 0 Å². The minimum absolute atomic E-state index is 0.0978. The van der Waals surface area contributed by atoms with Crippen LogP contribution in [0.2, 0.25) is 0 Å². The van der Waals surface area contributed by atoms with Crippen LogP contribution in [0.15, 0.2) is 45.9 Å². The third-order valence-corrected chi connectivity index (χ3v) is 3.00. The molecule has 17 heavy (non-hydrogen) atoms. The van der Waals surface area contributed by atoms with Crippen LogP contribution in [0.3, 0.4) is 0 Å². The van der Waals surface area contributed by atoms with E-state index in [0.717, 1.165) is 5.69 Å². The second-order valence-electron chi connectivity index (χ2n) is 3.36. The minimum atomic E-state index is -0.0978. The van der Waals surface area contributed by atoms with Crippen molar-refractivity contribution < 1.29 is 9.21 Å². The van der Waals surface area contributed by atoms with E-state index in [9.17, 15) is 4.79 Å². The van der Waals surface area contributed by atoms with Gasteiger partial charge in [-0.05, 0) is 41.1 Å². The van der Waals surface area contributed by atoms with Crippen LogP contribution in [-0.4, -0.2) is 17.4 Å². The topological polar surface area (TPSA) is 46.3 Å². The molecule has 0 bridgehead atoms. The zero-order valence-electron chi connectivity index (χ0n) is 9.26. The number of hydrogen-bond acceptors (Lipinski definition) is 3. The molecule has 0 spiro atoms. The van der Waals surface area contributed by atoms with Gasteiger partial charge in [-0.15, -0.1) is 0 Å². The summed E-state index contributed by atoms with van der Waals surface area (Å²) in [7, 11) is 0. The molecule has 2 rings (SSSR count). The first-order valence-electron chi connectivity index (χ1n) is 5.19. The van der Waals surface area contributed by atoms with Crippen molar-refractivity contribution in [2.75, 3.05) is 11.4 Å². The maximum Gasteiger partial charge on any atom is 0.262 e. The average molecular weight is 295 g/mol. The van der Waals surface area contributed by atoms with Crippen molar-refractivity contribution in [1.29, 1.82) is 0 Å². The largest absolute Gasteiger partial charge is 0.457 e. The van der Waals surface area contributed by atoms with Crippen LogP contribution in [0.1, 0.15) is 17.3 Å². The number of pyridine rings is 1. The number of furan rings is 1. The molecule has 0 aliphatic carbocycles. The van der Waals surface area contributed by atoms with Gasteiger partial charge in [-0.25, -0.2) is 0 Å². The number of nitrogens with zero attached hydrogens (tertiary/aromatic N) is 2. The van der Waals surface area contributed by atoms with Crippen molar-refractivity contribution >= 4 is 27.5 Å². The molecule has 2 aromatic rings. The summed E-state index contributed by atoms with van der Waals surface area (Å²) in [4.78, 5) is 17.9. The molecule has 4 nitrogen and oxygen atoms in total. The quantitative estimate of drug-likeness (QED) is 0.874. The zero-order valence-corrected chi connectivity index (χ0v) is 10.8. The molecule has 0 aromatic carbocycles. The van der Waals surface area contributed by atoms with Crippen molar-refractivity contribution in [2.24, 2.45) is 0 Å². The Morgan fingerprint density at radius 2 is 2.12 bits per heavy atom. The summed E-state index contributed by atoms with van der Waals surface area (Å²) in [5.74, 6) is -0.0978. The number of carbonyl (C=O) groups is 1. The Bertz CT molecular complexity index is 510. The lowest BCUT2D eigenvalue weighted by Crippen LogP contribution is -2.30. The Morgan fingerprint density at radius 3 is 2.65 bits per heavy atom. The van der Waals surface area contributed by atoms with Crippen LogP contribution < -0.4 is 4.90 Å². The molecule has 0 atom stereocenters. The van der Waals surface area contributed by atoms with E-state index in [1.807, 2.05) is 6.92 Å². The number of halogens is 1. The Hall–Kier alpha value is -1.62. The van der Waals surface area contributed by atoms with E-state index in [4.69, 9.17) is 4.42 Å². The lowest BCUT2D eigenvalue weighted by molar-refractivity contribution is 0.0986. The van der Waals surface area contributed by atoms with Gasteiger partial charge in [-0.2, -0.15) is 0 Å². The molecule has 1 amide bonds. The van der Waals surface area contributed by atoms with Crippen LogP contribution >= 0.6 is 15.9 Å². The molecule has 0 saturated heterocycles. The number of hydrogen-bond donors (Lipinski definition) is 0. The average Bonchev–Trinajstić information content (AvgIpc) is 2.77. The predicted octanol–water partition coefficient (Wildman–Crippen LogP) is 3.10. The van der Waals surface area contributed by atoms with E-state index in [0.29, 0.717) is 16.8 Å². The van der Waals surface area contributed by atoms with Gasteiger partial charge in [0, 0.05) is 24.6 Å². The molecule has 0 N–H and O–H groups in total. The van der Waals surface area contributed by atoms with Gasteiger partial charge in [0.2, 0.25) is 0 Å². The van der Waals surface area contributed by atoms with Crippen LogP contribution in [0, 0.1) is 0 Å². The molecule has 0 unspecified atom stereocenters. The van der Waals surface area contributed by atoms with Gasteiger partial charge in [0.05, 0.1) is 11.8 Å². The summed E-state index contributed by atoms with van der Waals surface area (Å²) in [6, 6.07) is 5.25. The highest BCUT2D eigenvalue weighted by Gasteiger charge is 2.19. The normalized spacial score (nSPS) is 10.2. The lowest BCUT2D eigenvalue weighted by Gasteiger charge is -2.20. The van der Waals surface area contributed by atoms with Gasteiger partial charge in [-0.3, -0.25) is 9.78 Å². The molecule has 2 aromatic heterocycles. The van der Waals surface area contributed by atoms with Gasteiger partial charge in [0.1, 0.15) is 0 Å². The highest BCUT2D eigenvalue weighted by atomic mass is 79.9. The van der Waals surface area contributed by atoms with Crippen molar-refractivity contribution in [3.8, 4) is 0 Å². The van der Waals surface area contributed by atoms with Crippen LogP contribution in [0.5, 0.6) is 0 Å². The van der Waals surface area contributed by atoms with Crippen molar-refractivity contribution in [1.82, 2.24) is 4.98 Å². The maximum absolute atomic E-state index is 12.3. The van der Waals surface area contributed by atoms with Crippen LogP contribution in [0.4, 0.5) is 5.69 Å². The van der Waals surface area contributed by atoms with Gasteiger partial charge in [0.25, 0.3) is 5.91 Å². The fourth-order valence-corrected chi connectivity index (χ4v) is 1.97. The second-order valence-corrected chi connectivity index (χ2v) is 4.08. The minimum Gasteiger partial charge on any atom is -0.457 e. The number of amides is 1. The maximum atomic E-state index is 12.3. The molecule has 0 saturated carbocycles. The van der Waals surface area contributed by atoms with E-state index >= 15 is 0 Å². The van der Waals surface area contributed by atoms with E-state index < -0.39 is 0 Å². The summed E-state index contributed by atoms with van der Waals surface area (Å²) in [5.41, 5.74) is 1.34. The fraction of sp³-hybridized carbons (Fsp3) is 0.167.